The first-order chi connectivity index (χ1) is 8.72. The highest BCUT2D eigenvalue weighted by atomic mass is 32.1. The number of hydrogen-bond acceptors (Lipinski definition) is 5. The van der Waals surface area contributed by atoms with Crippen LogP contribution in [0, 0.1) is 6.92 Å². The van der Waals surface area contributed by atoms with Crippen molar-refractivity contribution in [1.82, 2.24) is 4.37 Å². The lowest BCUT2D eigenvalue weighted by atomic mass is 10.4. The molecular formula is C12H20N2O3S. The Bertz CT molecular complexity index is 355. The summed E-state index contributed by atoms with van der Waals surface area (Å²) in [7, 11) is 0. The van der Waals surface area contributed by atoms with Crippen molar-refractivity contribution in [2.24, 2.45) is 0 Å². The molecule has 6 heteroatoms. The van der Waals surface area contributed by atoms with Gasteiger partial charge in [0.1, 0.15) is 11.6 Å². The Kier molecular flexibility index (Phi) is 7.55. The van der Waals surface area contributed by atoms with Gasteiger partial charge in [0, 0.05) is 6.61 Å². The van der Waals surface area contributed by atoms with Gasteiger partial charge in [-0.3, -0.25) is 4.79 Å². The molecule has 5 nitrogen and oxygen atoms in total. The molecule has 1 N–H and O–H groups in total. The van der Waals surface area contributed by atoms with E-state index in [1.807, 2.05) is 13.0 Å². The van der Waals surface area contributed by atoms with E-state index in [-0.39, 0.29) is 12.5 Å². The summed E-state index contributed by atoms with van der Waals surface area (Å²) in [5, 5.41) is 3.48. The van der Waals surface area contributed by atoms with Crippen molar-refractivity contribution in [2.45, 2.75) is 26.7 Å². The van der Waals surface area contributed by atoms with Crippen molar-refractivity contribution in [3.8, 4) is 0 Å². The molecule has 0 aliphatic rings. The average molecular weight is 272 g/mol. The Morgan fingerprint density at radius 1 is 1.39 bits per heavy atom. The Morgan fingerprint density at radius 2 is 2.17 bits per heavy atom. The molecule has 0 atom stereocenters. The van der Waals surface area contributed by atoms with Crippen molar-refractivity contribution in [3.63, 3.8) is 0 Å². The number of aromatic nitrogens is 1. The van der Waals surface area contributed by atoms with E-state index in [2.05, 4.69) is 16.6 Å². The number of nitrogens with one attached hydrogen (secondary N) is 1. The lowest BCUT2D eigenvalue weighted by Gasteiger charge is -2.05. The van der Waals surface area contributed by atoms with Crippen molar-refractivity contribution in [1.29, 1.82) is 0 Å². The van der Waals surface area contributed by atoms with Crippen LogP contribution in [0.3, 0.4) is 0 Å². The molecule has 1 aromatic rings. The Balaban J connectivity index is 2.00. The number of anilines is 1. The van der Waals surface area contributed by atoms with Gasteiger partial charge >= 0.3 is 0 Å². The van der Waals surface area contributed by atoms with E-state index in [4.69, 9.17) is 9.47 Å². The molecule has 0 aliphatic carbocycles. The van der Waals surface area contributed by atoms with Crippen LogP contribution in [0.2, 0.25) is 0 Å². The highest BCUT2D eigenvalue weighted by Crippen LogP contribution is 2.14. The summed E-state index contributed by atoms with van der Waals surface area (Å²) in [4.78, 5) is 11.5. The van der Waals surface area contributed by atoms with E-state index in [1.165, 1.54) is 11.5 Å². The average Bonchev–Trinajstić information content (AvgIpc) is 2.73. The number of aryl methyl sites for hydroxylation is 1. The quantitative estimate of drug-likeness (QED) is 0.700. The SMILES string of the molecule is CCCCOCCOCC(=O)Nc1cc(C)ns1. The zero-order valence-corrected chi connectivity index (χ0v) is 11.7. The monoisotopic (exact) mass is 272 g/mol. The molecule has 0 fully saturated rings. The molecule has 0 saturated carbocycles. The minimum absolute atomic E-state index is 0.0497. The van der Waals surface area contributed by atoms with Gasteiger partial charge in [-0.05, 0) is 30.9 Å². The normalized spacial score (nSPS) is 10.6. The maximum absolute atomic E-state index is 11.5. The van der Waals surface area contributed by atoms with Gasteiger partial charge in [0.2, 0.25) is 0 Å². The van der Waals surface area contributed by atoms with Gasteiger partial charge in [0.05, 0.1) is 18.9 Å². The molecular weight excluding hydrogens is 252 g/mol. The highest BCUT2D eigenvalue weighted by Gasteiger charge is 2.04. The maximum atomic E-state index is 11.5. The third-order valence-corrected chi connectivity index (χ3v) is 2.93. The van der Waals surface area contributed by atoms with Crippen LogP contribution < -0.4 is 5.32 Å². The maximum Gasteiger partial charge on any atom is 0.251 e. The molecule has 0 unspecified atom stereocenters. The summed E-state index contributed by atoms with van der Waals surface area (Å²) in [5.74, 6) is -0.160. The second-order valence-electron chi connectivity index (χ2n) is 3.90. The van der Waals surface area contributed by atoms with Crippen LogP contribution >= 0.6 is 11.5 Å². The number of unbranched alkanes of at least 4 members (excludes halogenated alkanes) is 1. The minimum Gasteiger partial charge on any atom is -0.379 e. The Labute approximate surface area is 112 Å². The molecule has 0 aromatic carbocycles. The predicted octanol–water partition coefficient (Wildman–Crippen LogP) is 2.22. The van der Waals surface area contributed by atoms with Crippen LogP contribution in [0.25, 0.3) is 0 Å². The predicted molar refractivity (Wildman–Crippen MR) is 72.0 cm³/mol. The summed E-state index contributed by atoms with van der Waals surface area (Å²) >= 11 is 1.27. The number of hydrogen-bond donors (Lipinski definition) is 1. The number of amides is 1. The first-order valence-electron chi connectivity index (χ1n) is 6.11. The lowest BCUT2D eigenvalue weighted by molar-refractivity contribution is -0.121. The highest BCUT2D eigenvalue weighted by molar-refractivity contribution is 7.10. The van der Waals surface area contributed by atoms with Crippen LogP contribution in [0.15, 0.2) is 6.07 Å². The molecule has 0 radical (unpaired) electrons. The summed E-state index contributed by atoms with van der Waals surface area (Å²) in [6.45, 7) is 5.79. The van der Waals surface area contributed by atoms with Gasteiger partial charge in [-0.1, -0.05) is 13.3 Å². The molecule has 1 rings (SSSR count). The topological polar surface area (TPSA) is 60.5 Å². The van der Waals surface area contributed by atoms with Gasteiger partial charge < -0.3 is 14.8 Å². The van der Waals surface area contributed by atoms with E-state index in [0.29, 0.717) is 13.2 Å². The van der Waals surface area contributed by atoms with E-state index in [1.54, 1.807) is 0 Å². The van der Waals surface area contributed by atoms with Gasteiger partial charge in [0.15, 0.2) is 0 Å². The van der Waals surface area contributed by atoms with Crippen LogP contribution in [-0.4, -0.2) is 36.7 Å². The number of carbonyl (C=O) groups is 1. The van der Waals surface area contributed by atoms with E-state index < -0.39 is 0 Å². The Hall–Kier alpha value is -0.980. The number of carbonyl (C=O) groups excluding carboxylic acids is 1. The summed E-state index contributed by atoms with van der Waals surface area (Å²) in [5.41, 5.74) is 0.903. The van der Waals surface area contributed by atoms with Crippen LogP contribution in [0.5, 0.6) is 0 Å². The van der Waals surface area contributed by atoms with Gasteiger partial charge in [-0.15, -0.1) is 0 Å². The van der Waals surface area contributed by atoms with Crippen molar-refractivity contribution >= 4 is 22.4 Å². The van der Waals surface area contributed by atoms with Crippen molar-refractivity contribution in [3.05, 3.63) is 11.8 Å². The minimum atomic E-state index is -0.160. The molecule has 0 bridgehead atoms. The van der Waals surface area contributed by atoms with E-state index in [0.717, 1.165) is 30.1 Å². The fourth-order valence-electron chi connectivity index (χ4n) is 1.23. The molecule has 1 heterocycles. The number of nitrogens with zero attached hydrogens (tertiary/aromatic N) is 1. The molecule has 1 aromatic heterocycles. The molecule has 0 saturated heterocycles. The second-order valence-corrected chi connectivity index (χ2v) is 4.70. The van der Waals surface area contributed by atoms with Crippen LogP contribution in [0.4, 0.5) is 5.00 Å². The second kappa shape index (κ2) is 9.02. The van der Waals surface area contributed by atoms with E-state index >= 15 is 0 Å². The van der Waals surface area contributed by atoms with Crippen LogP contribution in [0.1, 0.15) is 25.5 Å². The molecule has 18 heavy (non-hydrogen) atoms. The summed E-state index contributed by atoms with van der Waals surface area (Å²) in [6.07, 6.45) is 2.18. The fourth-order valence-corrected chi connectivity index (χ4v) is 1.90. The van der Waals surface area contributed by atoms with Crippen molar-refractivity contribution in [2.75, 3.05) is 31.7 Å². The molecule has 1 amide bonds. The first kappa shape index (κ1) is 15.1. The van der Waals surface area contributed by atoms with Crippen LogP contribution in [-0.2, 0) is 14.3 Å². The third-order valence-electron chi connectivity index (χ3n) is 2.14. The largest absolute Gasteiger partial charge is 0.379 e. The summed E-state index contributed by atoms with van der Waals surface area (Å²) < 4.78 is 14.6. The number of rotatable bonds is 9. The smallest absolute Gasteiger partial charge is 0.251 e. The Morgan fingerprint density at radius 3 is 2.83 bits per heavy atom. The van der Waals surface area contributed by atoms with Crippen molar-refractivity contribution < 1.29 is 14.3 Å². The lowest BCUT2D eigenvalue weighted by Crippen LogP contribution is -2.19. The third kappa shape index (κ3) is 6.68. The molecule has 0 spiro atoms. The molecule has 102 valence electrons. The zero-order valence-electron chi connectivity index (χ0n) is 10.9. The van der Waals surface area contributed by atoms with Gasteiger partial charge in [0.25, 0.3) is 5.91 Å². The molecule has 0 aliphatic heterocycles. The first-order valence-corrected chi connectivity index (χ1v) is 6.88. The van der Waals surface area contributed by atoms with Gasteiger partial charge in [-0.2, -0.15) is 4.37 Å². The standard InChI is InChI=1S/C12H20N2O3S/c1-3-4-5-16-6-7-17-9-11(15)13-12-8-10(2)14-18-12/h8H,3-7,9H2,1-2H3,(H,13,15). The van der Waals surface area contributed by atoms with E-state index in [9.17, 15) is 4.79 Å². The zero-order chi connectivity index (χ0) is 13.2. The fraction of sp³-hybridized carbons (Fsp3) is 0.667. The van der Waals surface area contributed by atoms with Gasteiger partial charge in [-0.25, -0.2) is 0 Å². The summed E-state index contributed by atoms with van der Waals surface area (Å²) in [6, 6.07) is 1.83. The number of ether oxygens (including phenoxy) is 2.